The molecule has 1 aliphatic carbocycles. The summed E-state index contributed by atoms with van der Waals surface area (Å²) in [5.41, 5.74) is 4.92. The molecule has 2 saturated heterocycles. The Bertz CT molecular complexity index is 609. The van der Waals surface area contributed by atoms with E-state index < -0.39 is 35.2 Å². The Kier molecular flexibility index (Phi) is 5.20. The quantitative estimate of drug-likeness (QED) is 0.698. The summed E-state index contributed by atoms with van der Waals surface area (Å²) >= 11 is 0. The lowest BCUT2D eigenvalue weighted by Crippen LogP contribution is -2.49. The summed E-state index contributed by atoms with van der Waals surface area (Å²) in [6, 6.07) is 1.28. The molecule has 6 nitrogen and oxygen atoms in total. The molecule has 0 aromatic rings. The van der Waals surface area contributed by atoms with E-state index in [0.717, 1.165) is 12.8 Å². The molecule has 0 aromatic heterocycles. The third-order valence-corrected chi connectivity index (χ3v) is 6.48. The van der Waals surface area contributed by atoms with Gasteiger partial charge in [0, 0.05) is 31.3 Å². The summed E-state index contributed by atoms with van der Waals surface area (Å²) in [7, 11) is 0. The standard InChI is InChI=1S/C18H26F2N4O2/c19-18(20)5-3-17(4-6-18)9-13(15(22)25)24-14(17)12(10-21)8-11-2-1-7-23-16(11)26/h11-14,24H,1-9H2,(H2,22,25)(H,23,26)/t11-,12+,13?,14?/m0/s1. The van der Waals surface area contributed by atoms with Crippen molar-refractivity contribution in [3.8, 4) is 6.07 Å². The van der Waals surface area contributed by atoms with Gasteiger partial charge in [-0.15, -0.1) is 0 Å². The number of carbonyl (C=O) groups excluding carboxylic acids is 2. The van der Waals surface area contributed by atoms with Crippen LogP contribution in [0.1, 0.15) is 51.4 Å². The zero-order valence-corrected chi connectivity index (χ0v) is 14.8. The van der Waals surface area contributed by atoms with Crippen LogP contribution in [0.5, 0.6) is 0 Å². The van der Waals surface area contributed by atoms with Crippen LogP contribution in [0.15, 0.2) is 0 Å². The van der Waals surface area contributed by atoms with E-state index in [0.29, 0.717) is 19.4 Å². The number of nitriles is 1. The number of halogens is 2. The van der Waals surface area contributed by atoms with E-state index in [-0.39, 0.29) is 37.5 Å². The SMILES string of the molecule is N#C[C@@H](C[C@@H]1CCCNC1=O)C1NC(C(N)=O)CC12CCC(F)(F)CC2. The van der Waals surface area contributed by atoms with E-state index in [1.165, 1.54) is 0 Å². The van der Waals surface area contributed by atoms with Gasteiger partial charge < -0.3 is 16.4 Å². The van der Waals surface area contributed by atoms with E-state index in [1.807, 2.05) is 0 Å². The van der Waals surface area contributed by atoms with Gasteiger partial charge in [0.1, 0.15) is 0 Å². The van der Waals surface area contributed by atoms with Crippen LogP contribution in [0.4, 0.5) is 8.78 Å². The van der Waals surface area contributed by atoms with Gasteiger partial charge in [-0.1, -0.05) is 0 Å². The maximum Gasteiger partial charge on any atom is 0.248 e. The second-order valence-electron chi connectivity index (χ2n) is 8.12. The molecule has 2 aliphatic heterocycles. The zero-order chi connectivity index (χ0) is 18.9. The van der Waals surface area contributed by atoms with Crippen LogP contribution >= 0.6 is 0 Å². The topological polar surface area (TPSA) is 108 Å². The minimum Gasteiger partial charge on any atom is -0.368 e. The van der Waals surface area contributed by atoms with Crippen molar-refractivity contribution in [3.05, 3.63) is 0 Å². The average Bonchev–Trinajstić information content (AvgIpc) is 2.97. The summed E-state index contributed by atoms with van der Waals surface area (Å²) in [5.74, 6) is -4.02. The molecule has 3 fully saturated rings. The fourth-order valence-electron chi connectivity index (χ4n) is 4.97. The fourth-order valence-corrected chi connectivity index (χ4v) is 4.97. The van der Waals surface area contributed by atoms with E-state index in [1.54, 1.807) is 0 Å². The summed E-state index contributed by atoms with van der Waals surface area (Å²) in [6.07, 6.45) is 2.40. The van der Waals surface area contributed by atoms with Crippen LogP contribution in [0.3, 0.4) is 0 Å². The number of nitrogens with zero attached hydrogens (tertiary/aromatic N) is 1. The number of primary amides is 1. The molecule has 26 heavy (non-hydrogen) atoms. The summed E-state index contributed by atoms with van der Waals surface area (Å²) < 4.78 is 27.4. The lowest BCUT2D eigenvalue weighted by Gasteiger charge is -2.43. The van der Waals surface area contributed by atoms with Crippen LogP contribution in [0.2, 0.25) is 0 Å². The van der Waals surface area contributed by atoms with Crippen LogP contribution in [-0.4, -0.2) is 36.4 Å². The average molecular weight is 368 g/mol. The first-order valence-electron chi connectivity index (χ1n) is 9.37. The van der Waals surface area contributed by atoms with Crippen molar-refractivity contribution in [2.45, 2.75) is 69.4 Å². The molecule has 1 saturated carbocycles. The van der Waals surface area contributed by atoms with Crippen molar-refractivity contribution >= 4 is 11.8 Å². The number of hydrogen-bond acceptors (Lipinski definition) is 4. The normalized spacial score (nSPS) is 34.0. The molecule has 0 aromatic carbocycles. The Morgan fingerprint density at radius 2 is 2.04 bits per heavy atom. The Balaban J connectivity index is 1.80. The van der Waals surface area contributed by atoms with Gasteiger partial charge in [0.15, 0.2) is 0 Å². The number of alkyl halides is 2. The molecular formula is C18H26F2N4O2. The minimum absolute atomic E-state index is 0.0508. The predicted octanol–water partition coefficient (Wildman–Crippen LogP) is 1.45. The molecule has 3 aliphatic rings. The fraction of sp³-hybridized carbons (Fsp3) is 0.833. The molecule has 2 heterocycles. The number of rotatable bonds is 4. The Morgan fingerprint density at radius 1 is 1.35 bits per heavy atom. The van der Waals surface area contributed by atoms with E-state index >= 15 is 0 Å². The number of piperidine rings is 1. The second kappa shape index (κ2) is 7.10. The predicted molar refractivity (Wildman–Crippen MR) is 89.8 cm³/mol. The minimum atomic E-state index is -2.69. The highest BCUT2D eigenvalue weighted by molar-refractivity contribution is 5.80. The smallest absolute Gasteiger partial charge is 0.248 e. The van der Waals surface area contributed by atoms with Crippen LogP contribution in [-0.2, 0) is 9.59 Å². The van der Waals surface area contributed by atoms with E-state index in [2.05, 4.69) is 16.7 Å². The molecule has 1 spiro atoms. The van der Waals surface area contributed by atoms with Gasteiger partial charge in [-0.3, -0.25) is 9.59 Å². The highest BCUT2D eigenvalue weighted by Gasteiger charge is 2.55. The lowest BCUT2D eigenvalue weighted by molar-refractivity contribution is -0.127. The van der Waals surface area contributed by atoms with Crippen molar-refractivity contribution in [3.63, 3.8) is 0 Å². The second-order valence-corrected chi connectivity index (χ2v) is 8.12. The highest BCUT2D eigenvalue weighted by atomic mass is 19.3. The largest absolute Gasteiger partial charge is 0.368 e. The first-order chi connectivity index (χ1) is 12.3. The number of nitrogens with two attached hydrogens (primary N) is 1. The maximum absolute atomic E-state index is 13.7. The van der Waals surface area contributed by atoms with E-state index in [9.17, 15) is 23.6 Å². The van der Waals surface area contributed by atoms with Crippen LogP contribution in [0.25, 0.3) is 0 Å². The lowest BCUT2D eigenvalue weighted by atomic mass is 9.64. The van der Waals surface area contributed by atoms with Gasteiger partial charge in [-0.05, 0) is 43.9 Å². The molecule has 2 unspecified atom stereocenters. The Morgan fingerprint density at radius 3 is 2.62 bits per heavy atom. The third-order valence-electron chi connectivity index (χ3n) is 6.48. The van der Waals surface area contributed by atoms with Gasteiger partial charge in [-0.2, -0.15) is 5.26 Å². The molecule has 4 N–H and O–H groups in total. The molecular weight excluding hydrogens is 342 g/mol. The summed E-state index contributed by atoms with van der Waals surface area (Å²) in [5, 5.41) is 15.7. The Hall–Kier alpha value is -1.75. The molecule has 2 amide bonds. The molecule has 0 bridgehead atoms. The summed E-state index contributed by atoms with van der Waals surface area (Å²) in [4.78, 5) is 23.8. The Labute approximate surface area is 151 Å². The van der Waals surface area contributed by atoms with Gasteiger partial charge in [0.25, 0.3) is 0 Å². The van der Waals surface area contributed by atoms with Crippen molar-refractivity contribution in [2.75, 3.05) is 6.54 Å². The van der Waals surface area contributed by atoms with Crippen molar-refractivity contribution in [1.82, 2.24) is 10.6 Å². The van der Waals surface area contributed by atoms with Gasteiger partial charge >= 0.3 is 0 Å². The van der Waals surface area contributed by atoms with Gasteiger partial charge in [-0.25, -0.2) is 8.78 Å². The van der Waals surface area contributed by atoms with Crippen molar-refractivity contribution in [2.24, 2.45) is 23.0 Å². The summed E-state index contributed by atoms with van der Waals surface area (Å²) in [6.45, 7) is 0.650. The molecule has 4 atom stereocenters. The first kappa shape index (κ1) is 19.0. The maximum atomic E-state index is 13.7. The monoisotopic (exact) mass is 368 g/mol. The third kappa shape index (κ3) is 3.68. The molecule has 8 heteroatoms. The molecule has 3 rings (SSSR count). The highest BCUT2D eigenvalue weighted by Crippen LogP contribution is 2.53. The first-order valence-corrected chi connectivity index (χ1v) is 9.37. The number of hydrogen-bond donors (Lipinski definition) is 3. The zero-order valence-electron chi connectivity index (χ0n) is 14.8. The van der Waals surface area contributed by atoms with Crippen LogP contribution in [0, 0.1) is 28.6 Å². The van der Waals surface area contributed by atoms with Crippen molar-refractivity contribution < 1.29 is 18.4 Å². The van der Waals surface area contributed by atoms with E-state index in [4.69, 9.17) is 5.73 Å². The number of carbonyl (C=O) groups is 2. The van der Waals surface area contributed by atoms with Gasteiger partial charge in [0.2, 0.25) is 17.7 Å². The van der Waals surface area contributed by atoms with Gasteiger partial charge in [0.05, 0.1) is 18.0 Å². The number of nitrogens with one attached hydrogen (secondary N) is 2. The van der Waals surface area contributed by atoms with Crippen LogP contribution < -0.4 is 16.4 Å². The van der Waals surface area contributed by atoms with Crippen molar-refractivity contribution in [1.29, 1.82) is 5.26 Å². The number of amides is 2. The molecule has 144 valence electrons. The molecule has 0 radical (unpaired) electrons.